The molecule has 4 nitrogen and oxygen atoms in total. The molecule has 2 atom stereocenters. The summed E-state index contributed by atoms with van der Waals surface area (Å²) in [5.74, 6) is -0.951. The Morgan fingerprint density at radius 1 is 1.30 bits per heavy atom. The van der Waals surface area contributed by atoms with Crippen molar-refractivity contribution in [3.63, 3.8) is 0 Å². The molecule has 1 amide bonds. The van der Waals surface area contributed by atoms with Gasteiger partial charge in [-0.05, 0) is 58.3 Å². The third kappa shape index (κ3) is 4.66. The number of rotatable bonds is 5. The van der Waals surface area contributed by atoms with Crippen LogP contribution in [0.1, 0.15) is 16.8 Å². The lowest BCUT2D eigenvalue weighted by atomic mass is 10.1. The van der Waals surface area contributed by atoms with E-state index in [2.05, 4.69) is 5.32 Å². The highest BCUT2D eigenvalue weighted by molar-refractivity contribution is 7.58. The van der Waals surface area contributed by atoms with Gasteiger partial charge < -0.3 is 10.2 Å². The number of hydrogen-bond acceptors (Lipinski definition) is 3. The smallest absolute Gasteiger partial charge is 0.241 e. The minimum absolute atomic E-state index is 0.355. The van der Waals surface area contributed by atoms with Crippen LogP contribution in [0.15, 0.2) is 54.0 Å². The van der Waals surface area contributed by atoms with Gasteiger partial charge in [0.05, 0.1) is 0 Å². The summed E-state index contributed by atoms with van der Waals surface area (Å²) in [6.45, 7) is 1.16. The highest BCUT2D eigenvalue weighted by atomic mass is 35.5. The molecular weight excluding hydrogens is 408 g/mol. The monoisotopic (exact) mass is 423 g/mol. The molecule has 140 valence electrons. The molecule has 2 N–H and O–H groups in total. The number of hydrogen-bond donors (Lipinski definition) is 2. The van der Waals surface area contributed by atoms with Gasteiger partial charge in [-0.25, -0.2) is 4.39 Å². The van der Waals surface area contributed by atoms with Gasteiger partial charge >= 0.3 is 0 Å². The van der Waals surface area contributed by atoms with Crippen molar-refractivity contribution in [1.82, 2.24) is 5.32 Å². The van der Waals surface area contributed by atoms with Crippen LogP contribution in [-0.2, 0) is 9.36 Å². The molecule has 0 aliphatic carbocycles. The van der Waals surface area contributed by atoms with E-state index in [1.54, 1.807) is 35.7 Å². The summed E-state index contributed by atoms with van der Waals surface area (Å²) in [5, 5.41) is 5.43. The van der Waals surface area contributed by atoms with Gasteiger partial charge in [0.25, 0.3) is 0 Å². The first-order chi connectivity index (χ1) is 12.8. The SMILES string of the molecule is CP(=O)(O)C(C(=O)NC=Cc1ccc(F)cc1)c1csc2ccc(Cl)cc12. The van der Waals surface area contributed by atoms with Gasteiger partial charge in [-0.1, -0.05) is 23.7 Å². The molecular formula is C19H16ClFNO3PS. The van der Waals surface area contributed by atoms with Crippen molar-refractivity contribution in [1.29, 1.82) is 0 Å². The van der Waals surface area contributed by atoms with Crippen molar-refractivity contribution in [3.8, 4) is 0 Å². The van der Waals surface area contributed by atoms with E-state index in [4.69, 9.17) is 11.6 Å². The lowest BCUT2D eigenvalue weighted by Crippen LogP contribution is -2.25. The maximum atomic E-state index is 12.9. The summed E-state index contributed by atoms with van der Waals surface area (Å²) < 4.78 is 26.3. The Bertz CT molecular complexity index is 1060. The van der Waals surface area contributed by atoms with Crippen LogP contribution in [0.25, 0.3) is 16.2 Å². The number of nitrogens with one attached hydrogen (secondary N) is 1. The Hall–Kier alpha value is -1.98. The average Bonchev–Trinajstić information content (AvgIpc) is 2.98. The standard InChI is InChI=1S/C19H16ClFNO3PS/c1-26(24,25)18(16-11-27-17-7-4-13(20)10-15(16)17)19(23)22-9-8-12-2-5-14(21)6-3-12/h2-11,18H,1H3,(H,22,23)(H,24,25). The summed E-state index contributed by atoms with van der Waals surface area (Å²) >= 11 is 7.43. The maximum absolute atomic E-state index is 12.9. The van der Waals surface area contributed by atoms with E-state index in [-0.39, 0.29) is 5.82 Å². The van der Waals surface area contributed by atoms with E-state index in [0.717, 1.165) is 11.4 Å². The van der Waals surface area contributed by atoms with Crippen LogP contribution in [-0.4, -0.2) is 17.5 Å². The van der Waals surface area contributed by atoms with Crippen LogP contribution >= 0.6 is 30.3 Å². The van der Waals surface area contributed by atoms with Crippen LogP contribution in [0.4, 0.5) is 4.39 Å². The van der Waals surface area contributed by atoms with Crippen molar-refractivity contribution in [2.45, 2.75) is 5.66 Å². The molecule has 0 saturated heterocycles. The number of benzene rings is 2. The molecule has 3 aromatic rings. The number of halogens is 2. The third-order valence-electron chi connectivity index (χ3n) is 3.96. The first-order valence-electron chi connectivity index (χ1n) is 7.95. The van der Waals surface area contributed by atoms with Crippen LogP contribution in [0, 0.1) is 5.82 Å². The average molecular weight is 424 g/mol. The van der Waals surface area contributed by atoms with Gasteiger partial charge in [0.2, 0.25) is 13.3 Å². The van der Waals surface area contributed by atoms with Gasteiger partial charge in [-0.3, -0.25) is 9.36 Å². The van der Waals surface area contributed by atoms with Crippen molar-refractivity contribution < 1.29 is 18.6 Å². The summed E-state index contributed by atoms with van der Waals surface area (Å²) in [6, 6.07) is 11.0. The molecule has 2 aromatic carbocycles. The van der Waals surface area contributed by atoms with Gasteiger partial charge in [0.1, 0.15) is 11.5 Å². The Labute approximate surface area is 164 Å². The maximum Gasteiger partial charge on any atom is 0.241 e. The summed E-state index contributed by atoms with van der Waals surface area (Å²) in [7, 11) is -3.79. The third-order valence-corrected chi connectivity index (χ3v) is 6.65. The van der Waals surface area contributed by atoms with Crippen molar-refractivity contribution >= 4 is 52.4 Å². The fourth-order valence-electron chi connectivity index (χ4n) is 2.72. The molecule has 27 heavy (non-hydrogen) atoms. The quantitative estimate of drug-likeness (QED) is 0.538. The molecule has 8 heteroatoms. The van der Waals surface area contributed by atoms with E-state index in [9.17, 15) is 18.6 Å². The topological polar surface area (TPSA) is 66.4 Å². The minimum atomic E-state index is -3.79. The number of amides is 1. The highest BCUT2D eigenvalue weighted by Gasteiger charge is 2.36. The molecule has 3 rings (SSSR count). The molecule has 0 aliphatic heterocycles. The predicted molar refractivity (Wildman–Crippen MR) is 109 cm³/mol. The zero-order valence-electron chi connectivity index (χ0n) is 14.2. The number of carbonyl (C=O) groups is 1. The summed E-state index contributed by atoms with van der Waals surface area (Å²) in [4.78, 5) is 22.9. The number of fused-ring (bicyclic) bond motifs is 1. The Balaban J connectivity index is 1.88. The Morgan fingerprint density at radius 3 is 2.67 bits per heavy atom. The Morgan fingerprint density at radius 2 is 2.00 bits per heavy atom. The molecule has 0 spiro atoms. The zero-order chi connectivity index (χ0) is 19.6. The first kappa shape index (κ1) is 19.8. The zero-order valence-corrected chi connectivity index (χ0v) is 16.7. The van der Waals surface area contributed by atoms with Crippen molar-refractivity contribution in [2.24, 2.45) is 0 Å². The van der Waals surface area contributed by atoms with E-state index < -0.39 is 18.9 Å². The number of thiophene rings is 1. The molecule has 0 bridgehead atoms. The first-order valence-corrected chi connectivity index (χ1v) is 11.4. The van der Waals surface area contributed by atoms with Crippen LogP contribution < -0.4 is 5.32 Å². The van der Waals surface area contributed by atoms with E-state index in [1.807, 2.05) is 6.07 Å². The fourth-order valence-corrected chi connectivity index (χ4v) is 5.20. The summed E-state index contributed by atoms with van der Waals surface area (Å²) in [5.41, 5.74) is -0.0641. The molecule has 1 heterocycles. The van der Waals surface area contributed by atoms with Gasteiger partial charge in [-0.2, -0.15) is 0 Å². The highest BCUT2D eigenvalue weighted by Crippen LogP contribution is 2.54. The largest absolute Gasteiger partial charge is 0.344 e. The van der Waals surface area contributed by atoms with Crippen molar-refractivity contribution in [2.75, 3.05) is 6.66 Å². The molecule has 1 aromatic heterocycles. The van der Waals surface area contributed by atoms with Gasteiger partial charge in [0.15, 0.2) is 0 Å². The van der Waals surface area contributed by atoms with Crippen LogP contribution in [0.5, 0.6) is 0 Å². The molecule has 0 fully saturated rings. The summed E-state index contributed by atoms with van der Waals surface area (Å²) in [6.07, 6.45) is 2.95. The fraction of sp³-hybridized carbons (Fsp3) is 0.105. The molecule has 0 aliphatic rings. The van der Waals surface area contributed by atoms with E-state index in [0.29, 0.717) is 21.5 Å². The molecule has 0 radical (unpaired) electrons. The van der Waals surface area contributed by atoms with Crippen LogP contribution in [0.3, 0.4) is 0 Å². The normalized spacial score (nSPS) is 15.0. The van der Waals surface area contributed by atoms with Crippen LogP contribution in [0.2, 0.25) is 5.02 Å². The number of carbonyl (C=O) groups excluding carboxylic acids is 1. The Kier molecular flexibility index (Phi) is 5.82. The minimum Gasteiger partial charge on any atom is -0.344 e. The second kappa shape index (κ2) is 7.95. The predicted octanol–water partition coefficient (Wildman–Crippen LogP) is 5.42. The molecule has 0 saturated carbocycles. The lowest BCUT2D eigenvalue weighted by molar-refractivity contribution is -0.120. The lowest BCUT2D eigenvalue weighted by Gasteiger charge is -2.18. The second-order valence-electron chi connectivity index (χ2n) is 6.07. The van der Waals surface area contributed by atoms with Gasteiger partial charge in [-0.15, -0.1) is 11.3 Å². The van der Waals surface area contributed by atoms with Gasteiger partial charge in [0, 0.05) is 22.6 Å². The molecule has 2 unspecified atom stereocenters. The van der Waals surface area contributed by atoms with E-state index >= 15 is 0 Å². The van der Waals surface area contributed by atoms with E-state index in [1.165, 1.54) is 29.7 Å². The van der Waals surface area contributed by atoms with Crippen molar-refractivity contribution in [3.05, 3.63) is 76.0 Å². The second-order valence-corrected chi connectivity index (χ2v) is 9.82.